The summed E-state index contributed by atoms with van der Waals surface area (Å²) in [5.41, 5.74) is 0. The molecule has 0 spiro atoms. The van der Waals surface area contributed by atoms with E-state index < -0.39 is 0 Å². The molecular formula is C13H13NO3. The van der Waals surface area contributed by atoms with Crippen molar-refractivity contribution in [3.63, 3.8) is 0 Å². The van der Waals surface area contributed by atoms with Crippen LogP contribution >= 0.6 is 0 Å². The van der Waals surface area contributed by atoms with E-state index in [9.17, 15) is 0 Å². The second-order valence-electron chi connectivity index (χ2n) is 3.99. The average Bonchev–Trinajstić information content (AvgIpc) is 3.19. The number of pyridine rings is 1. The normalized spacial score (nSPS) is 18.1. The molecular weight excluding hydrogens is 218 g/mol. The van der Waals surface area contributed by atoms with E-state index in [1.165, 1.54) is 0 Å². The molecule has 4 nitrogen and oxygen atoms in total. The molecule has 2 aromatic rings. The van der Waals surface area contributed by atoms with Gasteiger partial charge in [-0.1, -0.05) is 0 Å². The van der Waals surface area contributed by atoms with Crippen LogP contribution in [0, 0.1) is 0 Å². The van der Waals surface area contributed by atoms with Crippen LogP contribution in [0.3, 0.4) is 0 Å². The summed E-state index contributed by atoms with van der Waals surface area (Å²) in [7, 11) is 1.64. The van der Waals surface area contributed by atoms with Crippen molar-refractivity contribution in [1.82, 2.24) is 4.98 Å². The molecule has 0 amide bonds. The molecule has 1 aliphatic rings. The molecule has 0 bridgehead atoms. The Balaban J connectivity index is 1.95. The monoisotopic (exact) mass is 231 g/mol. The summed E-state index contributed by atoms with van der Waals surface area (Å²) < 4.78 is 16.1. The molecule has 1 aliphatic heterocycles. The largest absolute Gasteiger partial charge is 0.493 e. The number of hydrogen-bond donors (Lipinski definition) is 0. The van der Waals surface area contributed by atoms with Crippen molar-refractivity contribution in [2.75, 3.05) is 20.3 Å². The molecule has 0 aliphatic carbocycles. The van der Waals surface area contributed by atoms with E-state index in [0.29, 0.717) is 6.61 Å². The zero-order chi connectivity index (χ0) is 11.7. The minimum atomic E-state index is 0.240. The molecule has 3 rings (SSSR count). The van der Waals surface area contributed by atoms with Gasteiger partial charge < -0.3 is 14.2 Å². The number of methoxy groups -OCH3 is 1. The molecule has 1 unspecified atom stereocenters. The van der Waals surface area contributed by atoms with E-state index in [4.69, 9.17) is 14.2 Å². The standard InChI is InChI=1S/C13H13NO3/c1-15-12-4-9-2-3-14-6-10(9)5-13(12)17-8-11-7-16-11/h2-6,11H,7-8H2,1H3. The lowest BCUT2D eigenvalue weighted by molar-refractivity contribution is 0.252. The first-order valence-electron chi connectivity index (χ1n) is 5.53. The first-order chi connectivity index (χ1) is 8.36. The third kappa shape index (κ3) is 2.17. The molecule has 1 aromatic heterocycles. The zero-order valence-electron chi connectivity index (χ0n) is 9.55. The predicted molar refractivity (Wildman–Crippen MR) is 63.5 cm³/mol. The fourth-order valence-electron chi connectivity index (χ4n) is 1.71. The minimum absolute atomic E-state index is 0.240. The smallest absolute Gasteiger partial charge is 0.161 e. The quantitative estimate of drug-likeness (QED) is 0.755. The number of nitrogens with zero attached hydrogens (tertiary/aromatic N) is 1. The summed E-state index contributed by atoms with van der Waals surface area (Å²) in [6.07, 6.45) is 3.82. The highest BCUT2D eigenvalue weighted by Crippen LogP contribution is 2.32. The first-order valence-corrected chi connectivity index (χ1v) is 5.53. The highest BCUT2D eigenvalue weighted by molar-refractivity contribution is 5.85. The van der Waals surface area contributed by atoms with Gasteiger partial charge in [0, 0.05) is 17.8 Å². The number of hydrogen-bond acceptors (Lipinski definition) is 4. The van der Waals surface area contributed by atoms with Crippen molar-refractivity contribution in [3.8, 4) is 11.5 Å². The van der Waals surface area contributed by atoms with Gasteiger partial charge in [-0.3, -0.25) is 4.98 Å². The maximum atomic E-state index is 5.68. The number of ether oxygens (including phenoxy) is 3. The van der Waals surface area contributed by atoms with Crippen LogP contribution in [0.15, 0.2) is 30.6 Å². The molecule has 0 saturated carbocycles. The first kappa shape index (κ1) is 10.4. The summed E-state index contributed by atoms with van der Waals surface area (Å²) >= 11 is 0. The number of rotatable bonds is 4. The molecule has 1 atom stereocenters. The molecule has 1 saturated heterocycles. The maximum absolute atomic E-state index is 5.68. The van der Waals surface area contributed by atoms with Crippen molar-refractivity contribution >= 4 is 10.8 Å². The van der Waals surface area contributed by atoms with E-state index in [1.807, 2.05) is 24.4 Å². The third-order valence-corrected chi connectivity index (χ3v) is 2.75. The molecule has 4 heteroatoms. The Hall–Kier alpha value is -1.81. The molecule has 17 heavy (non-hydrogen) atoms. The van der Waals surface area contributed by atoms with Gasteiger partial charge in [0.25, 0.3) is 0 Å². The van der Waals surface area contributed by atoms with Gasteiger partial charge >= 0.3 is 0 Å². The summed E-state index contributed by atoms with van der Waals surface area (Å²) in [5.74, 6) is 1.48. The van der Waals surface area contributed by atoms with Crippen molar-refractivity contribution in [1.29, 1.82) is 0 Å². The average molecular weight is 231 g/mol. The maximum Gasteiger partial charge on any atom is 0.161 e. The van der Waals surface area contributed by atoms with E-state index >= 15 is 0 Å². The van der Waals surface area contributed by atoms with Crippen LogP contribution in [0.25, 0.3) is 10.8 Å². The molecule has 88 valence electrons. The lowest BCUT2D eigenvalue weighted by atomic mass is 10.1. The molecule has 1 fully saturated rings. The van der Waals surface area contributed by atoms with Crippen LogP contribution < -0.4 is 9.47 Å². The third-order valence-electron chi connectivity index (χ3n) is 2.75. The van der Waals surface area contributed by atoms with Gasteiger partial charge in [-0.2, -0.15) is 0 Å². The van der Waals surface area contributed by atoms with E-state index in [0.717, 1.165) is 28.9 Å². The van der Waals surface area contributed by atoms with Crippen LogP contribution in [0.2, 0.25) is 0 Å². The number of fused-ring (bicyclic) bond motifs is 1. The van der Waals surface area contributed by atoms with Crippen LogP contribution in [0.4, 0.5) is 0 Å². The van der Waals surface area contributed by atoms with Crippen molar-refractivity contribution in [2.24, 2.45) is 0 Å². The van der Waals surface area contributed by atoms with Crippen LogP contribution in [-0.4, -0.2) is 31.4 Å². The molecule has 0 N–H and O–H groups in total. The SMILES string of the molecule is COc1cc2ccncc2cc1OCC1CO1. The summed E-state index contributed by atoms with van der Waals surface area (Å²) in [4.78, 5) is 4.10. The summed E-state index contributed by atoms with van der Waals surface area (Å²) in [6, 6.07) is 5.86. The summed E-state index contributed by atoms with van der Waals surface area (Å²) in [5, 5.41) is 2.13. The second-order valence-corrected chi connectivity index (χ2v) is 3.99. The second kappa shape index (κ2) is 4.22. The lowest BCUT2D eigenvalue weighted by Gasteiger charge is -2.11. The predicted octanol–water partition coefficient (Wildman–Crippen LogP) is 2.02. The van der Waals surface area contributed by atoms with Gasteiger partial charge in [0.15, 0.2) is 11.5 Å². The zero-order valence-corrected chi connectivity index (χ0v) is 9.55. The van der Waals surface area contributed by atoms with Gasteiger partial charge in [0.2, 0.25) is 0 Å². The van der Waals surface area contributed by atoms with Crippen LogP contribution in [0.5, 0.6) is 11.5 Å². The van der Waals surface area contributed by atoms with E-state index in [-0.39, 0.29) is 6.10 Å². The van der Waals surface area contributed by atoms with Crippen molar-refractivity contribution in [2.45, 2.75) is 6.10 Å². The Morgan fingerprint density at radius 2 is 2.18 bits per heavy atom. The molecule has 2 heterocycles. The highest BCUT2D eigenvalue weighted by atomic mass is 16.6. The lowest BCUT2D eigenvalue weighted by Crippen LogP contribution is -2.05. The number of benzene rings is 1. The van der Waals surface area contributed by atoms with Crippen molar-refractivity contribution < 1.29 is 14.2 Å². The van der Waals surface area contributed by atoms with Crippen molar-refractivity contribution in [3.05, 3.63) is 30.6 Å². The number of epoxide rings is 1. The van der Waals surface area contributed by atoms with Gasteiger partial charge in [0.05, 0.1) is 13.7 Å². The van der Waals surface area contributed by atoms with Crippen LogP contribution in [-0.2, 0) is 4.74 Å². The minimum Gasteiger partial charge on any atom is -0.493 e. The van der Waals surface area contributed by atoms with Gasteiger partial charge in [-0.05, 0) is 23.6 Å². The fraction of sp³-hybridized carbons (Fsp3) is 0.308. The Bertz CT molecular complexity index is 537. The van der Waals surface area contributed by atoms with Crippen LogP contribution in [0.1, 0.15) is 0 Å². The topological polar surface area (TPSA) is 43.9 Å². The Kier molecular flexibility index (Phi) is 2.57. The fourth-order valence-corrected chi connectivity index (χ4v) is 1.71. The van der Waals surface area contributed by atoms with Gasteiger partial charge in [-0.15, -0.1) is 0 Å². The molecule has 0 radical (unpaired) electrons. The van der Waals surface area contributed by atoms with E-state index in [1.54, 1.807) is 13.3 Å². The highest BCUT2D eigenvalue weighted by Gasteiger charge is 2.23. The Labute approximate surface area is 99.1 Å². The number of aromatic nitrogens is 1. The molecule has 1 aromatic carbocycles. The summed E-state index contributed by atoms with van der Waals surface area (Å²) in [6.45, 7) is 1.36. The Morgan fingerprint density at radius 3 is 2.94 bits per heavy atom. The van der Waals surface area contributed by atoms with Gasteiger partial charge in [-0.25, -0.2) is 0 Å². The Morgan fingerprint density at radius 1 is 1.35 bits per heavy atom. The van der Waals surface area contributed by atoms with E-state index in [2.05, 4.69) is 4.98 Å². The van der Waals surface area contributed by atoms with Gasteiger partial charge in [0.1, 0.15) is 12.7 Å².